The van der Waals surface area contributed by atoms with Gasteiger partial charge in [0.1, 0.15) is 5.58 Å². The van der Waals surface area contributed by atoms with Crippen LogP contribution in [0.2, 0.25) is 10.0 Å². The van der Waals surface area contributed by atoms with E-state index in [0.29, 0.717) is 33.5 Å². The number of rotatable bonds is 5. The van der Waals surface area contributed by atoms with E-state index in [1.54, 1.807) is 24.3 Å². The van der Waals surface area contributed by atoms with Crippen LogP contribution in [-0.2, 0) is 0 Å². The lowest BCUT2D eigenvalue weighted by Gasteiger charge is -2.08. The minimum Gasteiger partial charge on any atom is -0.491 e. The van der Waals surface area contributed by atoms with Gasteiger partial charge < -0.3 is 9.15 Å². The summed E-state index contributed by atoms with van der Waals surface area (Å²) < 4.78 is 10.8. The lowest BCUT2D eigenvalue weighted by molar-refractivity contribution is 0.0929. The predicted octanol–water partition coefficient (Wildman–Crippen LogP) is 4.90. The van der Waals surface area contributed by atoms with Gasteiger partial charge in [-0.15, -0.1) is 0 Å². The molecule has 1 heterocycles. The molecule has 0 saturated heterocycles. The van der Waals surface area contributed by atoms with E-state index in [-0.39, 0.29) is 5.76 Å². The van der Waals surface area contributed by atoms with Gasteiger partial charge in [0, 0.05) is 5.39 Å². The highest BCUT2D eigenvalue weighted by atomic mass is 35.5. The summed E-state index contributed by atoms with van der Waals surface area (Å²) in [5, 5.41) is 5.50. The average Bonchev–Trinajstić information content (AvgIpc) is 3.02. The van der Waals surface area contributed by atoms with Crippen molar-refractivity contribution >= 4 is 46.3 Å². The number of hydrazone groups is 1. The van der Waals surface area contributed by atoms with E-state index >= 15 is 0 Å². The zero-order chi connectivity index (χ0) is 17.8. The number of ether oxygens (including phenoxy) is 1. The molecule has 0 atom stereocenters. The fourth-order valence-corrected chi connectivity index (χ4v) is 2.86. The monoisotopic (exact) mass is 376 g/mol. The zero-order valence-electron chi connectivity index (χ0n) is 13.3. The Morgan fingerprint density at radius 1 is 1.24 bits per heavy atom. The summed E-state index contributed by atoms with van der Waals surface area (Å²) in [5.74, 6) is 0.158. The predicted molar refractivity (Wildman–Crippen MR) is 98.9 cm³/mol. The van der Waals surface area contributed by atoms with Crippen LogP contribution < -0.4 is 10.2 Å². The largest absolute Gasteiger partial charge is 0.491 e. The number of carbonyl (C=O) groups is 1. The number of para-hydroxylation sites is 1. The molecule has 2 aromatic carbocycles. The molecule has 0 fully saturated rings. The molecule has 128 valence electrons. The third kappa shape index (κ3) is 3.95. The van der Waals surface area contributed by atoms with Crippen LogP contribution >= 0.6 is 23.2 Å². The Morgan fingerprint density at radius 3 is 2.64 bits per heavy atom. The van der Waals surface area contributed by atoms with E-state index in [2.05, 4.69) is 10.5 Å². The Balaban J connectivity index is 1.71. The first-order chi connectivity index (χ1) is 12.1. The summed E-state index contributed by atoms with van der Waals surface area (Å²) in [4.78, 5) is 12.1. The molecule has 0 unspecified atom stereocenters. The van der Waals surface area contributed by atoms with Crippen LogP contribution in [0.1, 0.15) is 23.0 Å². The topological polar surface area (TPSA) is 63.8 Å². The number of halogens is 2. The summed E-state index contributed by atoms with van der Waals surface area (Å²) in [7, 11) is 0. The molecular formula is C18H14Cl2N2O3. The van der Waals surface area contributed by atoms with Gasteiger partial charge >= 0.3 is 5.91 Å². The van der Waals surface area contributed by atoms with Crippen LogP contribution in [0.5, 0.6) is 5.75 Å². The number of hydrogen-bond donors (Lipinski definition) is 1. The van der Waals surface area contributed by atoms with Crippen LogP contribution in [0.3, 0.4) is 0 Å². The number of fused-ring (bicyclic) bond motifs is 1. The number of amides is 1. The van der Waals surface area contributed by atoms with Crippen LogP contribution in [0.25, 0.3) is 11.0 Å². The quantitative estimate of drug-likeness (QED) is 0.508. The normalized spacial score (nSPS) is 11.2. The molecule has 0 aliphatic heterocycles. The van der Waals surface area contributed by atoms with Crippen LogP contribution in [0.15, 0.2) is 52.0 Å². The molecule has 0 radical (unpaired) electrons. The van der Waals surface area contributed by atoms with Crippen molar-refractivity contribution in [2.75, 3.05) is 6.61 Å². The Bertz CT molecular complexity index is 894. The highest BCUT2D eigenvalue weighted by Crippen LogP contribution is 2.33. The highest BCUT2D eigenvalue weighted by Gasteiger charge is 2.11. The van der Waals surface area contributed by atoms with Gasteiger partial charge in [0.15, 0.2) is 11.5 Å². The first-order valence-corrected chi connectivity index (χ1v) is 8.28. The van der Waals surface area contributed by atoms with Crippen molar-refractivity contribution in [1.29, 1.82) is 0 Å². The van der Waals surface area contributed by atoms with Gasteiger partial charge in [-0.1, -0.05) is 41.4 Å². The first kappa shape index (κ1) is 17.3. The molecule has 0 aliphatic carbocycles. The highest BCUT2D eigenvalue weighted by molar-refractivity contribution is 6.37. The number of furan rings is 1. The third-order valence-electron chi connectivity index (χ3n) is 3.34. The molecule has 1 amide bonds. The number of nitrogens with one attached hydrogen (secondary N) is 1. The van der Waals surface area contributed by atoms with Crippen molar-refractivity contribution in [2.45, 2.75) is 6.92 Å². The van der Waals surface area contributed by atoms with Crippen molar-refractivity contribution in [3.8, 4) is 5.75 Å². The maximum atomic E-state index is 12.1. The van der Waals surface area contributed by atoms with Crippen LogP contribution in [-0.4, -0.2) is 18.7 Å². The molecule has 1 aromatic heterocycles. The maximum absolute atomic E-state index is 12.1. The maximum Gasteiger partial charge on any atom is 0.307 e. The first-order valence-electron chi connectivity index (χ1n) is 7.52. The number of hydrogen-bond acceptors (Lipinski definition) is 4. The van der Waals surface area contributed by atoms with Crippen LogP contribution in [0.4, 0.5) is 0 Å². The van der Waals surface area contributed by atoms with E-state index < -0.39 is 5.91 Å². The smallest absolute Gasteiger partial charge is 0.307 e. The standard InChI is InChI=1S/C18H14Cl2N2O3/c1-2-24-17-13(19)7-11(8-14(17)20)10-21-22-18(23)16-9-12-5-3-4-6-15(12)25-16/h3-10H,2H2,1H3,(H,22,23)/b21-10+. The molecule has 0 spiro atoms. The Morgan fingerprint density at radius 2 is 1.96 bits per heavy atom. The van der Waals surface area contributed by atoms with Gasteiger partial charge in [-0.3, -0.25) is 4.79 Å². The molecule has 7 heteroatoms. The zero-order valence-corrected chi connectivity index (χ0v) is 14.8. The van der Waals surface area contributed by atoms with Crippen molar-refractivity contribution in [3.05, 3.63) is 63.8 Å². The third-order valence-corrected chi connectivity index (χ3v) is 3.90. The molecule has 0 aliphatic rings. The summed E-state index contributed by atoms with van der Waals surface area (Å²) in [5.41, 5.74) is 3.68. The summed E-state index contributed by atoms with van der Waals surface area (Å²) in [6, 6.07) is 12.3. The molecule has 0 bridgehead atoms. The fraction of sp³-hybridized carbons (Fsp3) is 0.111. The summed E-state index contributed by atoms with van der Waals surface area (Å²) in [6.07, 6.45) is 1.44. The lowest BCUT2D eigenvalue weighted by atomic mass is 10.2. The van der Waals surface area contributed by atoms with Crippen molar-refractivity contribution in [3.63, 3.8) is 0 Å². The molecule has 25 heavy (non-hydrogen) atoms. The Labute approximate surface area is 154 Å². The number of nitrogens with zero attached hydrogens (tertiary/aromatic N) is 1. The van der Waals surface area contributed by atoms with Gasteiger partial charge in [0.2, 0.25) is 0 Å². The second kappa shape index (κ2) is 7.59. The SMILES string of the molecule is CCOc1c(Cl)cc(/C=N/NC(=O)c2cc3ccccc3o2)cc1Cl. The average molecular weight is 377 g/mol. The van der Waals surface area contributed by atoms with Gasteiger partial charge in [0.05, 0.1) is 22.9 Å². The van der Waals surface area contributed by atoms with E-state index in [1.165, 1.54) is 6.21 Å². The van der Waals surface area contributed by atoms with Gasteiger partial charge in [-0.25, -0.2) is 5.43 Å². The summed E-state index contributed by atoms with van der Waals surface area (Å²) in [6.45, 7) is 2.30. The van der Waals surface area contributed by atoms with E-state index in [9.17, 15) is 4.79 Å². The van der Waals surface area contributed by atoms with Crippen molar-refractivity contribution in [1.82, 2.24) is 5.43 Å². The van der Waals surface area contributed by atoms with E-state index in [0.717, 1.165) is 5.39 Å². The minimum atomic E-state index is -0.449. The van der Waals surface area contributed by atoms with E-state index in [1.807, 2.05) is 25.1 Å². The molecule has 3 rings (SSSR count). The molecule has 5 nitrogen and oxygen atoms in total. The number of benzene rings is 2. The molecule has 1 N–H and O–H groups in total. The molecular weight excluding hydrogens is 363 g/mol. The minimum absolute atomic E-state index is 0.182. The number of carbonyl (C=O) groups excluding carboxylic acids is 1. The second-order valence-electron chi connectivity index (χ2n) is 5.09. The van der Waals surface area contributed by atoms with Crippen molar-refractivity contribution in [2.24, 2.45) is 5.10 Å². The molecule has 3 aromatic rings. The Hall–Kier alpha value is -2.50. The summed E-state index contributed by atoms with van der Waals surface area (Å²) >= 11 is 12.2. The van der Waals surface area contributed by atoms with Gasteiger partial charge in [-0.2, -0.15) is 5.10 Å². The fourth-order valence-electron chi connectivity index (χ4n) is 2.25. The lowest BCUT2D eigenvalue weighted by Crippen LogP contribution is -2.16. The van der Waals surface area contributed by atoms with Gasteiger partial charge in [-0.05, 0) is 36.8 Å². The van der Waals surface area contributed by atoms with E-state index in [4.69, 9.17) is 32.4 Å². The van der Waals surface area contributed by atoms with Crippen molar-refractivity contribution < 1.29 is 13.9 Å². The van der Waals surface area contributed by atoms with Gasteiger partial charge in [0.25, 0.3) is 0 Å². The van der Waals surface area contributed by atoms with Crippen LogP contribution in [0, 0.1) is 0 Å². The Kier molecular flexibility index (Phi) is 5.26. The molecule has 0 saturated carbocycles. The second-order valence-corrected chi connectivity index (χ2v) is 5.91.